The molecule has 0 bridgehead atoms. The van der Waals surface area contributed by atoms with Crippen molar-refractivity contribution in [3.63, 3.8) is 0 Å². The summed E-state index contributed by atoms with van der Waals surface area (Å²) in [6.07, 6.45) is 6.90. The van der Waals surface area contributed by atoms with E-state index in [0.717, 1.165) is 50.9 Å². The van der Waals surface area contributed by atoms with E-state index in [1.54, 1.807) is 0 Å². The highest BCUT2D eigenvalue weighted by Gasteiger charge is 2.13. The van der Waals surface area contributed by atoms with Gasteiger partial charge in [-0.25, -0.2) is 4.98 Å². The van der Waals surface area contributed by atoms with Gasteiger partial charge in [0, 0.05) is 58.1 Å². The minimum absolute atomic E-state index is 0.582. The van der Waals surface area contributed by atoms with E-state index in [-0.39, 0.29) is 0 Å². The molecule has 28 heavy (non-hydrogen) atoms. The molecule has 2 N–H and O–H groups in total. The summed E-state index contributed by atoms with van der Waals surface area (Å²) in [6.45, 7) is 14.1. The van der Waals surface area contributed by atoms with Crippen molar-refractivity contribution < 1.29 is 0 Å². The quantitative estimate of drug-likeness (QED) is 0.386. The van der Waals surface area contributed by atoms with Crippen molar-refractivity contribution in [1.29, 1.82) is 0 Å². The fourth-order valence-corrected chi connectivity index (χ4v) is 3.85. The molecule has 1 aliphatic rings. The monoisotopic (exact) mass is 388 g/mol. The maximum Gasteiger partial charge on any atom is 0.191 e. The van der Waals surface area contributed by atoms with Gasteiger partial charge in [-0.05, 0) is 71.1 Å². The zero-order valence-corrected chi connectivity index (χ0v) is 18.5. The number of aromatic nitrogens is 1. The predicted octanol–water partition coefficient (Wildman–Crippen LogP) is 3.25. The number of nitrogens with zero attached hydrogens (tertiary/aromatic N) is 4. The van der Waals surface area contributed by atoms with E-state index in [9.17, 15) is 0 Å². The molecule has 6 heteroatoms. The van der Waals surface area contributed by atoms with Gasteiger partial charge in [-0.3, -0.25) is 9.89 Å². The molecule has 1 aromatic heterocycles. The van der Waals surface area contributed by atoms with E-state index >= 15 is 0 Å². The number of hydrogen-bond donors (Lipinski definition) is 2. The lowest BCUT2D eigenvalue weighted by Crippen LogP contribution is -2.41. The van der Waals surface area contributed by atoms with Crippen LogP contribution in [-0.2, 0) is 6.54 Å². The summed E-state index contributed by atoms with van der Waals surface area (Å²) >= 11 is 0. The average molecular weight is 389 g/mol. The fraction of sp³-hybridized carbons (Fsp3) is 0.727. The van der Waals surface area contributed by atoms with Crippen LogP contribution in [0.3, 0.4) is 0 Å². The third kappa shape index (κ3) is 7.30. The van der Waals surface area contributed by atoms with Crippen molar-refractivity contribution in [3.05, 3.63) is 23.9 Å². The number of rotatable bonds is 9. The van der Waals surface area contributed by atoms with Crippen LogP contribution in [0.15, 0.2) is 23.3 Å². The SMILES string of the molecule is CN=C(NCCCN(C(C)C)C(C)C)NCc1ccnc(N2CCCCC2)c1. The van der Waals surface area contributed by atoms with Gasteiger partial charge in [0.15, 0.2) is 5.96 Å². The topological polar surface area (TPSA) is 55.8 Å². The highest BCUT2D eigenvalue weighted by Crippen LogP contribution is 2.18. The van der Waals surface area contributed by atoms with E-state index in [1.807, 2.05) is 13.2 Å². The van der Waals surface area contributed by atoms with Crippen LogP contribution in [0, 0.1) is 0 Å². The van der Waals surface area contributed by atoms with Gasteiger partial charge >= 0.3 is 0 Å². The molecule has 158 valence electrons. The van der Waals surface area contributed by atoms with Crippen LogP contribution in [0.25, 0.3) is 0 Å². The number of guanidine groups is 1. The Labute approximate surface area is 171 Å². The normalized spacial score (nSPS) is 15.6. The van der Waals surface area contributed by atoms with Crippen LogP contribution in [-0.4, -0.2) is 61.2 Å². The van der Waals surface area contributed by atoms with Crippen molar-refractivity contribution in [3.8, 4) is 0 Å². The average Bonchev–Trinajstić information content (AvgIpc) is 2.70. The smallest absolute Gasteiger partial charge is 0.191 e. The number of anilines is 1. The van der Waals surface area contributed by atoms with Crippen LogP contribution < -0.4 is 15.5 Å². The lowest BCUT2D eigenvalue weighted by atomic mass is 10.1. The molecule has 0 saturated carbocycles. The zero-order chi connectivity index (χ0) is 20.4. The molecule has 0 unspecified atom stereocenters. The molecule has 0 aliphatic carbocycles. The summed E-state index contributed by atoms with van der Waals surface area (Å²) in [7, 11) is 1.83. The number of pyridine rings is 1. The van der Waals surface area contributed by atoms with Crippen LogP contribution in [0.2, 0.25) is 0 Å². The molecule has 1 aromatic rings. The van der Waals surface area contributed by atoms with Crippen molar-refractivity contribution >= 4 is 11.8 Å². The molecule has 0 aromatic carbocycles. The first kappa shape index (κ1) is 22.5. The van der Waals surface area contributed by atoms with E-state index in [4.69, 9.17) is 0 Å². The molecular weight excluding hydrogens is 348 g/mol. The molecule has 2 heterocycles. The Morgan fingerprint density at radius 2 is 1.86 bits per heavy atom. The Hall–Kier alpha value is -1.82. The Bertz CT molecular complexity index is 584. The Kier molecular flexibility index (Phi) is 9.55. The standard InChI is InChI=1S/C22H40N6/c1-18(2)28(19(3)4)15-9-11-25-22(23-5)26-17-20-10-12-24-21(16-20)27-13-7-6-8-14-27/h10,12,16,18-19H,6-9,11,13-15,17H2,1-5H3,(H2,23,25,26). The van der Waals surface area contributed by atoms with Crippen LogP contribution >= 0.6 is 0 Å². The minimum atomic E-state index is 0.582. The molecule has 0 atom stereocenters. The van der Waals surface area contributed by atoms with Crippen molar-refractivity contribution in [2.75, 3.05) is 38.1 Å². The summed E-state index contributed by atoms with van der Waals surface area (Å²) in [5.74, 6) is 1.96. The Morgan fingerprint density at radius 1 is 1.14 bits per heavy atom. The van der Waals surface area contributed by atoms with Crippen LogP contribution in [0.5, 0.6) is 0 Å². The van der Waals surface area contributed by atoms with E-state index in [2.05, 4.69) is 70.2 Å². The van der Waals surface area contributed by atoms with Gasteiger partial charge in [0.05, 0.1) is 0 Å². The maximum atomic E-state index is 4.56. The lowest BCUT2D eigenvalue weighted by molar-refractivity contribution is 0.173. The highest BCUT2D eigenvalue weighted by atomic mass is 15.2. The second-order valence-corrected chi connectivity index (χ2v) is 8.20. The number of hydrogen-bond acceptors (Lipinski definition) is 4. The minimum Gasteiger partial charge on any atom is -0.357 e. The first-order valence-corrected chi connectivity index (χ1v) is 10.9. The fourth-order valence-electron chi connectivity index (χ4n) is 3.85. The van der Waals surface area contributed by atoms with Crippen LogP contribution in [0.4, 0.5) is 5.82 Å². The third-order valence-corrected chi connectivity index (χ3v) is 5.39. The zero-order valence-electron chi connectivity index (χ0n) is 18.5. The van der Waals surface area contributed by atoms with Gasteiger partial charge in [0.2, 0.25) is 0 Å². The van der Waals surface area contributed by atoms with Gasteiger partial charge < -0.3 is 15.5 Å². The van der Waals surface area contributed by atoms with E-state index in [0.29, 0.717) is 12.1 Å². The molecule has 0 spiro atoms. The van der Waals surface area contributed by atoms with E-state index < -0.39 is 0 Å². The number of aliphatic imine (C=N–C) groups is 1. The second kappa shape index (κ2) is 11.9. The summed E-state index contributed by atoms with van der Waals surface area (Å²) in [5.41, 5.74) is 1.24. The molecule has 6 nitrogen and oxygen atoms in total. The number of nitrogens with one attached hydrogen (secondary N) is 2. The highest BCUT2D eigenvalue weighted by molar-refractivity contribution is 5.79. The Morgan fingerprint density at radius 3 is 2.50 bits per heavy atom. The van der Waals surface area contributed by atoms with Gasteiger partial charge in [0.25, 0.3) is 0 Å². The molecular formula is C22H40N6. The van der Waals surface area contributed by atoms with Gasteiger partial charge in [-0.2, -0.15) is 0 Å². The largest absolute Gasteiger partial charge is 0.357 e. The maximum absolute atomic E-state index is 4.56. The predicted molar refractivity (Wildman–Crippen MR) is 120 cm³/mol. The van der Waals surface area contributed by atoms with Gasteiger partial charge in [-0.1, -0.05) is 0 Å². The van der Waals surface area contributed by atoms with Crippen molar-refractivity contribution in [2.24, 2.45) is 4.99 Å². The van der Waals surface area contributed by atoms with E-state index in [1.165, 1.54) is 24.8 Å². The first-order chi connectivity index (χ1) is 13.5. The van der Waals surface area contributed by atoms with Crippen molar-refractivity contribution in [2.45, 2.75) is 72.0 Å². The lowest BCUT2D eigenvalue weighted by Gasteiger charge is -2.30. The van der Waals surface area contributed by atoms with Gasteiger partial charge in [0.1, 0.15) is 5.82 Å². The summed E-state index contributed by atoms with van der Waals surface area (Å²) < 4.78 is 0. The second-order valence-electron chi connectivity index (χ2n) is 8.20. The summed E-state index contributed by atoms with van der Waals surface area (Å²) in [6, 6.07) is 5.45. The van der Waals surface area contributed by atoms with Gasteiger partial charge in [-0.15, -0.1) is 0 Å². The first-order valence-electron chi connectivity index (χ1n) is 10.9. The molecule has 1 saturated heterocycles. The summed E-state index contributed by atoms with van der Waals surface area (Å²) in [5, 5.41) is 6.87. The molecule has 1 aliphatic heterocycles. The number of piperidine rings is 1. The molecule has 0 radical (unpaired) electrons. The van der Waals surface area contributed by atoms with Crippen molar-refractivity contribution in [1.82, 2.24) is 20.5 Å². The van der Waals surface area contributed by atoms with Crippen LogP contribution in [0.1, 0.15) is 58.9 Å². The molecule has 1 fully saturated rings. The summed E-state index contributed by atoms with van der Waals surface area (Å²) in [4.78, 5) is 13.8. The third-order valence-electron chi connectivity index (χ3n) is 5.39. The molecule has 0 amide bonds. The Balaban J connectivity index is 1.76. The molecule has 2 rings (SSSR count).